The van der Waals surface area contributed by atoms with E-state index in [2.05, 4.69) is 5.32 Å². The topological polar surface area (TPSA) is 110 Å². The van der Waals surface area contributed by atoms with Gasteiger partial charge < -0.3 is 14.6 Å². The van der Waals surface area contributed by atoms with Crippen LogP contribution in [0.25, 0.3) is 11.8 Å². The van der Waals surface area contributed by atoms with Crippen molar-refractivity contribution in [3.8, 4) is 11.8 Å². The number of nitrogens with one attached hydrogen (secondary N) is 1. The number of non-ortho nitro benzene ring substituents is 1. The van der Waals surface area contributed by atoms with E-state index in [-0.39, 0.29) is 11.3 Å². The van der Waals surface area contributed by atoms with Gasteiger partial charge in [-0.05, 0) is 51.0 Å². The molecule has 152 valence electrons. The Hall–Kier alpha value is -3.44. The highest BCUT2D eigenvalue weighted by Gasteiger charge is 2.15. The van der Waals surface area contributed by atoms with E-state index in [0.717, 1.165) is 11.4 Å². The lowest BCUT2D eigenvalue weighted by Gasteiger charge is -2.09. The number of hydrogen-bond acceptors (Lipinski definition) is 5. The number of nitrogens with zero attached hydrogens (tertiary/aromatic N) is 3. The van der Waals surface area contributed by atoms with Crippen molar-refractivity contribution in [2.75, 3.05) is 19.8 Å². The molecule has 0 radical (unpaired) electrons. The summed E-state index contributed by atoms with van der Waals surface area (Å²) >= 11 is 0. The number of nitriles is 1. The van der Waals surface area contributed by atoms with E-state index in [1.54, 1.807) is 12.1 Å². The highest BCUT2D eigenvalue weighted by atomic mass is 16.6. The maximum Gasteiger partial charge on any atom is 0.271 e. The average Bonchev–Trinajstić information content (AvgIpc) is 2.98. The van der Waals surface area contributed by atoms with Crippen LogP contribution in [0.2, 0.25) is 0 Å². The first-order valence-electron chi connectivity index (χ1n) is 9.30. The second-order valence-corrected chi connectivity index (χ2v) is 6.42. The fourth-order valence-corrected chi connectivity index (χ4v) is 3.00. The first-order chi connectivity index (χ1) is 13.9. The number of nitro groups is 1. The third-order valence-electron chi connectivity index (χ3n) is 4.39. The maximum absolute atomic E-state index is 12.3. The van der Waals surface area contributed by atoms with Gasteiger partial charge in [0.2, 0.25) is 0 Å². The van der Waals surface area contributed by atoms with Crippen molar-refractivity contribution in [2.24, 2.45) is 0 Å². The number of hydrogen-bond donors (Lipinski definition) is 1. The summed E-state index contributed by atoms with van der Waals surface area (Å²) in [5, 5.41) is 23.2. The summed E-state index contributed by atoms with van der Waals surface area (Å²) in [6.45, 7) is 7.20. The number of carbonyl (C=O) groups is 1. The molecule has 1 aromatic carbocycles. The molecule has 0 aliphatic heterocycles. The number of rotatable bonds is 9. The van der Waals surface area contributed by atoms with E-state index < -0.39 is 10.8 Å². The molecule has 0 aliphatic rings. The van der Waals surface area contributed by atoms with Crippen LogP contribution in [0, 0.1) is 35.3 Å². The summed E-state index contributed by atoms with van der Waals surface area (Å²) in [6.07, 6.45) is 2.20. The summed E-state index contributed by atoms with van der Waals surface area (Å²) in [5.74, 6) is -0.441. The number of amides is 1. The Morgan fingerprint density at radius 3 is 2.79 bits per heavy atom. The molecule has 0 unspecified atom stereocenters. The monoisotopic (exact) mass is 396 g/mol. The Labute approximate surface area is 169 Å². The van der Waals surface area contributed by atoms with Crippen molar-refractivity contribution < 1.29 is 14.5 Å². The molecule has 0 fully saturated rings. The molecule has 1 heterocycles. The molecule has 0 aliphatic carbocycles. The van der Waals surface area contributed by atoms with Gasteiger partial charge in [0.25, 0.3) is 11.6 Å². The van der Waals surface area contributed by atoms with Crippen molar-refractivity contribution in [3.05, 3.63) is 63.0 Å². The van der Waals surface area contributed by atoms with Gasteiger partial charge in [-0.15, -0.1) is 0 Å². The molecule has 2 aromatic rings. The second-order valence-electron chi connectivity index (χ2n) is 6.42. The third kappa shape index (κ3) is 5.53. The normalized spacial score (nSPS) is 11.2. The van der Waals surface area contributed by atoms with Gasteiger partial charge in [-0.2, -0.15) is 5.26 Å². The van der Waals surface area contributed by atoms with Crippen LogP contribution in [0.3, 0.4) is 0 Å². The number of ether oxygens (including phenoxy) is 1. The van der Waals surface area contributed by atoms with Crippen LogP contribution >= 0.6 is 0 Å². The first kappa shape index (κ1) is 21.9. The Bertz CT molecular complexity index is 970. The molecule has 29 heavy (non-hydrogen) atoms. The van der Waals surface area contributed by atoms with Crippen molar-refractivity contribution in [1.29, 1.82) is 5.26 Å². The van der Waals surface area contributed by atoms with Crippen LogP contribution in [-0.2, 0) is 9.53 Å². The average molecular weight is 396 g/mol. The van der Waals surface area contributed by atoms with Crippen molar-refractivity contribution >= 4 is 17.7 Å². The standard InChI is InChI=1S/C21H24N4O4/c1-4-29-10-6-9-23-21(26)18(14-22)12-17-11-15(2)24(16(17)3)19-7-5-8-20(13-19)25(27)28/h5,7-8,11-13H,4,6,9-10H2,1-3H3,(H,23,26)/b18-12+. The fraction of sp³-hybridized carbons (Fsp3) is 0.333. The predicted octanol–water partition coefficient (Wildman–Crippen LogP) is 3.45. The minimum Gasteiger partial charge on any atom is -0.382 e. The summed E-state index contributed by atoms with van der Waals surface area (Å²) in [6, 6.07) is 10.1. The summed E-state index contributed by atoms with van der Waals surface area (Å²) in [5.41, 5.74) is 2.96. The van der Waals surface area contributed by atoms with Gasteiger partial charge in [0.1, 0.15) is 11.6 Å². The highest BCUT2D eigenvalue weighted by molar-refractivity contribution is 6.01. The molecule has 0 atom stereocenters. The van der Waals surface area contributed by atoms with Gasteiger partial charge in [0.05, 0.1) is 10.6 Å². The van der Waals surface area contributed by atoms with Crippen LogP contribution in [0.15, 0.2) is 35.9 Å². The quantitative estimate of drug-likeness (QED) is 0.229. The van der Waals surface area contributed by atoms with Gasteiger partial charge in [-0.25, -0.2) is 0 Å². The van der Waals surface area contributed by atoms with Crippen LogP contribution in [-0.4, -0.2) is 35.2 Å². The minimum absolute atomic E-state index is 0.000650. The molecule has 8 nitrogen and oxygen atoms in total. The predicted molar refractivity (Wildman–Crippen MR) is 110 cm³/mol. The van der Waals surface area contributed by atoms with Crippen molar-refractivity contribution in [1.82, 2.24) is 9.88 Å². The van der Waals surface area contributed by atoms with Gasteiger partial charge >= 0.3 is 0 Å². The zero-order valence-corrected chi connectivity index (χ0v) is 16.8. The molecule has 1 amide bonds. The molecular weight excluding hydrogens is 372 g/mol. The molecule has 8 heteroatoms. The first-order valence-corrected chi connectivity index (χ1v) is 9.30. The smallest absolute Gasteiger partial charge is 0.271 e. The number of carbonyl (C=O) groups excluding carboxylic acids is 1. The van der Waals surface area contributed by atoms with Crippen LogP contribution in [0.1, 0.15) is 30.3 Å². The zero-order valence-electron chi connectivity index (χ0n) is 16.8. The molecule has 1 aromatic heterocycles. The Balaban J connectivity index is 2.26. The lowest BCUT2D eigenvalue weighted by molar-refractivity contribution is -0.384. The second kappa shape index (κ2) is 10.2. The van der Waals surface area contributed by atoms with E-state index in [9.17, 15) is 20.2 Å². The van der Waals surface area contributed by atoms with Crippen LogP contribution in [0.4, 0.5) is 5.69 Å². The van der Waals surface area contributed by atoms with E-state index in [4.69, 9.17) is 4.74 Å². The van der Waals surface area contributed by atoms with Gasteiger partial charge in [-0.3, -0.25) is 14.9 Å². The van der Waals surface area contributed by atoms with Crippen molar-refractivity contribution in [3.63, 3.8) is 0 Å². The number of aryl methyl sites for hydroxylation is 1. The van der Waals surface area contributed by atoms with Crippen LogP contribution in [0.5, 0.6) is 0 Å². The Kier molecular flexibility index (Phi) is 7.69. The largest absolute Gasteiger partial charge is 0.382 e. The molecule has 0 spiro atoms. The Morgan fingerprint density at radius 1 is 1.38 bits per heavy atom. The zero-order chi connectivity index (χ0) is 21.4. The summed E-state index contributed by atoms with van der Waals surface area (Å²) in [7, 11) is 0. The Morgan fingerprint density at radius 2 is 2.14 bits per heavy atom. The molecule has 0 saturated carbocycles. The van der Waals surface area contributed by atoms with Gasteiger partial charge in [0.15, 0.2) is 0 Å². The molecular formula is C21H24N4O4. The van der Waals surface area contributed by atoms with E-state index in [1.165, 1.54) is 18.2 Å². The lowest BCUT2D eigenvalue weighted by atomic mass is 10.1. The SMILES string of the molecule is CCOCCCNC(=O)/C(C#N)=C/c1cc(C)n(-c2cccc([N+](=O)[O-])c2)c1C. The highest BCUT2D eigenvalue weighted by Crippen LogP contribution is 2.25. The molecule has 0 saturated heterocycles. The van der Waals surface area contributed by atoms with Gasteiger partial charge in [0, 0.05) is 43.3 Å². The molecule has 0 bridgehead atoms. The van der Waals surface area contributed by atoms with E-state index in [1.807, 2.05) is 37.5 Å². The van der Waals surface area contributed by atoms with Gasteiger partial charge in [-0.1, -0.05) is 6.07 Å². The number of benzene rings is 1. The van der Waals surface area contributed by atoms with Crippen LogP contribution < -0.4 is 5.32 Å². The summed E-state index contributed by atoms with van der Waals surface area (Å²) < 4.78 is 7.07. The number of nitro benzene ring substituents is 1. The summed E-state index contributed by atoms with van der Waals surface area (Å²) in [4.78, 5) is 22.9. The molecule has 1 N–H and O–H groups in total. The van der Waals surface area contributed by atoms with E-state index >= 15 is 0 Å². The van der Waals surface area contributed by atoms with Crippen molar-refractivity contribution in [2.45, 2.75) is 27.2 Å². The minimum atomic E-state index is -0.442. The third-order valence-corrected chi connectivity index (χ3v) is 4.39. The fourth-order valence-electron chi connectivity index (χ4n) is 3.00. The number of aromatic nitrogens is 1. The molecule has 2 rings (SSSR count). The maximum atomic E-state index is 12.3. The lowest BCUT2D eigenvalue weighted by Crippen LogP contribution is -2.26. The van der Waals surface area contributed by atoms with E-state index in [0.29, 0.717) is 37.4 Å².